The third-order valence-electron chi connectivity index (χ3n) is 3.26. The van der Waals surface area contributed by atoms with Gasteiger partial charge in [0.2, 0.25) is 0 Å². The van der Waals surface area contributed by atoms with Crippen LogP contribution in [0.15, 0.2) is 42.5 Å². The summed E-state index contributed by atoms with van der Waals surface area (Å²) in [5.41, 5.74) is 1.70. The molecule has 0 amide bonds. The standard InChI is InChI=1S/C15H12N4S/c1-16-13-7-6-10-14(18-13)19-15(17-10)12-8-9-4-2-3-5-11(9)20-12/h2-8H,1H3,(H2,16,17,18,19). The van der Waals surface area contributed by atoms with Crippen molar-refractivity contribution in [3.63, 3.8) is 0 Å². The molecule has 0 radical (unpaired) electrons. The SMILES string of the molecule is CNc1ccc2[nH]c(-c3cc4ccccc4s3)nc2n1. The first-order chi connectivity index (χ1) is 9.83. The molecule has 0 spiro atoms. The summed E-state index contributed by atoms with van der Waals surface area (Å²) in [7, 11) is 1.85. The van der Waals surface area contributed by atoms with Crippen molar-refractivity contribution in [2.45, 2.75) is 0 Å². The van der Waals surface area contributed by atoms with Crippen molar-refractivity contribution in [3.05, 3.63) is 42.5 Å². The van der Waals surface area contributed by atoms with Gasteiger partial charge in [0, 0.05) is 11.7 Å². The molecule has 0 saturated heterocycles. The Bertz CT molecular complexity index is 873. The van der Waals surface area contributed by atoms with Gasteiger partial charge in [0.05, 0.1) is 10.4 Å². The predicted molar refractivity (Wildman–Crippen MR) is 84.3 cm³/mol. The normalized spacial score (nSPS) is 11.2. The lowest BCUT2D eigenvalue weighted by Gasteiger charge is -1.95. The van der Waals surface area contributed by atoms with E-state index in [-0.39, 0.29) is 0 Å². The maximum absolute atomic E-state index is 4.59. The van der Waals surface area contributed by atoms with E-state index in [4.69, 9.17) is 0 Å². The smallest absolute Gasteiger partial charge is 0.180 e. The maximum Gasteiger partial charge on any atom is 0.180 e. The van der Waals surface area contributed by atoms with Crippen LogP contribution in [0.1, 0.15) is 0 Å². The number of hydrogen-bond acceptors (Lipinski definition) is 4. The summed E-state index contributed by atoms with van der Waals surface area (Å²) in [5.74, 6) is 1.70. The van der Waals surface area contributed by atoms with E-state index in [1.165, 1.54) is 10.1 Å². The number of anilines is 1. The number of imidazole rings is 1. The van der Waals surface area contributed by atoms with Crippen molar-refractivity contribution >= 4 is 38.4 Å². The molecule has 3 aromatic heterocycles. The summed E-state index contributed by atoms with van der Waals surface area (Å²) in [4.78, 5) is 13.5. The highest BCUT2D eigenvalue weighted by atomic mass is 32.1. The zero-order valence-electron chi connectivity index (χ0n) is 10.8. The molecule has 4 nitrogen and oxygen atoms in total. The Morgan fingerprint density at radius 1 is 1.10 bits per heavy atom. The van der Waals surface area contributed by atoms with E-state index < -0.39 is 0 Å². The van der Waals surface area contributed by atoms with Crippen LogP contribution in [-0.2, 0) is 0 Å². The lowest BCUT2D eigenvalue weighted by Crippen LogP contribution is -1.91. The molecular formula is C15H12N4S. The van der Waals surface area contributed by atoms with Crippen LogP contribution in [0.25, 0.3) is 32.0 Å². The quantitative estimate of drug-likeness (QED) is 0.586. The number of pyridine rings is 1. The van der Waals surface area contributed by atoms with Gasteiger partial charge in [0.1, 0.15) is 5.82 Å². The second kappa shape index (κ2) is 4.31. The molecule has 5 heteroatoms. The molecule has 0 atom stereocenters. The summed E-state index contributed by atoms with van der Waals surface area (Å²) in [6, 6.07) is 14.5. The number of nitrogens with zero attached hydrogens (tertiary/aromatic N) is 2. The number of H-pyrrole nitrogens is 1. The van der Waals surface area contributed by atoms with E-state index in [0.29, 0.717) is 0 Å². The van der Waals surface area contributed by atoms with E-state index in [9.17, 15) is 0 Å². The van der Waals surface area contributed by atoms with Gasteiger partial charge in [-0.2, -0.15) is 0 Å². The van der Waals surface area contributed by atoms with E-state index in [0.717, 1.165) is 27.7 Å². The van der Waals surface area contributed by atoms with Gasteiger partial charge < -0.3 is 10.3 Å². The molecule has 0 aliphatic heterocycles. The fourth-order valence-electron chi connectivity index (χ4n) is 2.25. The molecule has 2 N–H and O–H groups in total. The molecule has 4 aromatic rings. The van der Waals surface area contributed by atoms with Gasteiger partial charge in [-0.05, 0) is 29.7 Å². The van der Waals surface area contributed by atoms with Crippen LogP contribution in [0.5, 0.6) is 0 Å². The highest BCUT2D eigenvalue weighted by Crippen LogP contribution is 2.32. The number of benzene rings is 1. The number of nitrogens with one attached hydrogen (secondary N) is 2. The second-order valence-corrected chi connectivity index (χ2v) is 5.64. The van der Waals surface area contributed by atoms with E-state index in [1.807, 2.05) is 19.2 Å². The predicted octanol–water partition coefficient (Wildman–Crippen LogP) is 3.88. The van der Waals surface area contributed by atoms with Gasteiger partial charge in [-0.3, -0.25) is 0 Å². The lowest BCUT2D eigenvalue weighted by molar-refractivity contribution is 1.29. The van der Waals surface area contributed by atoms with Crippen LogP contribution in [0.2, 0.25) is 0 Å². The minimum absolute atomic E-state index is 0.740. The largest absolute Gasteiger partial charge is 0.373 e. The molecule has 0 unspecified atom stereocenters. The summed E-state index contributed by atoms with van der Waals surface area (Å²) in [5, 5.41) is 4.27. The average molecular weight is 280 g/mol. The Morgan fingerprint density at radius 3 is 2.85 bits per heavy atom. The van der Waals surface area contributed by atoms with Crippen molar-refractivity contribution in [3.8, 4) is 10.7 Å². The molecule has 0 fully saturated rings. The second-order valence-electron chi connectivity index (χ2n) is 4.55. The van der Waals surface area contributed by atoms with E-state index >= 15 is 0 Å². The first kappa shape index (κ1) is 11.4. The molecular weight excluding hydrogens is 268 g/mol. The Kier molecular flexibility index (Phi) is 2.47. The number of aromatic amines is 1. The Labute approximate surface area is 119 Å². The van der Waals surface area contributed by atoms with Crippen LogP contribution in [0, 0.1) is 0 Å². The molecule has 0 bridgehead atoms. The first-order valence-corrected chi connectivity index (χ1v) is 7.18. The van der Waals surface area contributed by atoms with Crippen molar-refractivity contribution < 1.29 is 0 Å². The highest BCUT2D eigenvalue weighted by molar-refractivity contribution is 7.22. The third-order valence-corrected chi connectivity index (χ3v) is 4.38. The Balaban J connectivity index is 1.88. The molecule has 20 heavy (non-hydrogen) atoms. The summed E-state index contributed by atoms with van der Waals surface area (Å²) < 4.78 is 1.27. The fraction of sp³-hybridized carbons (Fsp3) is 0.0667. The Hall–Kier alpha value is -2.40. The average Bonchev–Trinajstić information content (AvgIpc) is 3.09. The number of rotatable bonds is 2. The van der Waals surface area contributed by atoms with Crippen LogP contribution < -0.4 is 5.32 Å². The van der Waals surface area contributed by atoms with Crippen LogP contribution in [0.3, 0.4) is 0 Å². The van der Waals surface area contributed by atoms with Crippen molar-refractivity contribution in [1.82, 2.24) is 15.0 Å². The first-order valence-electron chi connectivity index (χ1n) is 6.37. The molecule has 3 heterocycles. The number of thiophene rings is 1. The molecule has 0 aliphatic carbocycles. The van der Waals surface area contributed by atoms with Crippen molar-refractivity contribution in [2.24, 2.45) is 0 Å². The van der Waals surface area contributed by atoms with E-state index in [1.54, 1.807) is 11.3 Å². The van der Waals surface area contributed by atoms with Crippen molar-refractivity contribution in [1.29, 1.82) is 0 Å². The number of aromatic nitrogens is 3. The monoisotopic (exact) mass is 280 g/mol. The van der Waals surface area contributed by atoms with Gasteiger partial charge in [0.25, 0.3) is 0 Å². The summed E-state index contributed by atoms with van der Waals surface area (Å²) >= 11 is 1.74. The van der Waals surface area contributed by atoms with Crippen LogP contribution in [-0.4, -0.2) is 22.0 Å². The van der Waals surface area contributed by atoms with Gasteiger partial charge in [0.15, 0.2) is 11.5 Å². The molecule has 0 aliphatic rings. The van der Waals surface area contributed by atoms with Gasteiger partial charge >= 0.3 is 0 Å². The van der Waals surface area contributed by atoms with E-state index in [2.05, 4.69) is 50.6 Å². The summed E-state index contributed by atoms with van der Waals surface area (Å²) in [6.07, 6.45) is 0. The highest BCUT2D eigenvalue weighted by Gasteiger charge is 2.10. The Morgan fingerprint density at radius 2 is 2.00 bits per heavy atom. The summed E-state index contributed by atoms with van der Waals surface area (Å²) in [6.45, 7) is 0. The number of hydrogen-bond donors (Lipinski definition) is 2. The van der Waals surface area contributed by atoms with Crippen LogP contribution >= 0.6 is 11.3 Å². The topological polar surface area (TPSA) is 53.6 Å². The van der Waals surface area contributed by atoms with Crippen LogP contribution in [0.4, 0.5) is 5.82 Å². The van der Waals surface area contributed by atoms with Crippen molar-refractivity contribution in [2.75, 3.05) is 12.4 Å². The third kappa shape index (κ3) is 1.75. The van der Waals surface area contributed by atoms with Gasteiger partial charge in [-0.15, -0.1) is 11.3 Å². The fourth-order valence-corrected chi connectivity index (χ4v) is 3.25. The minimum atomic E-state index is 0.740. The maximum atomic E-state index is 4.59. The van der Waals surface area contributed by atoms with Gasteiger partial charge in [-0.25, -0.2) is 9.97 Å². The zero-order chi connectivity index (χ0) is 13.5. The van der Waals surface area contributed by atoms with Gasteiger partial charge in [-0.1, -0.05) is 18.2 Å². The number of fused-ring (bicyclic) bond motifs is 2. The molecule has 0 saturated carbocycles. The zero-order valence-corrected chi connectivity index (χ0v) is 11.7. The lowest BCUT2D eigenvalue weighted by atomic mass is 10.2. The molecule has 1 aromatic carbocycles. The minimum Gasteiger partial charge on any atom is -0.373 e. The molecule has 4 rings (SSSR count). The molecule has 98 valence electrons.